The summed E-state index contributed by atoms with van der Waals surface area (Å²) in [5.41, 5.74) is 0.998. The van der Waals surface area contributed by atoms with Crippen LogP contribution in [0.4, 0.5) is 0 Å². The Morgan fingerprint density at radius 2 is 2.27 bits per heavy atom. The third-order valence-electron chi connectivity index (χ3n) is 3.52. The molecule has 0 aliphatic carbocycles. The molecule has 0 saturated carbocycles. The molecule has 0 aromatic heterocycles. The summed E-state index contributed by atoms with van der Waals surface area (Å²) in [5, 5.41) is 12.3. The van der Waals surface area contributed by atoms with Crippen LogP contribution in [0.2, 0.25) is 0 Å². The van der Waals surface area contributed by atoms with Gasteiger partial charge >= 0.3 is 0 Å². The van der Waals surface area contributed by atoms with Crippen LogP contribution in [0.25, 0.3) is 0 Å². The summed E-state index contributed by atoms with van der Waals surface area (Å²) in [6.07, 6.45) is 3.26. The molecule has 2 atom stereocenters. The van der Waals surface area contributed by atoms with Gasteiger partial charge in [-0.15, -0.1) is 0 Å². The number of rotatable bonds is 4. The molecular weight excluding hydrogens is 188 g/mol. The van der Waals surface area contributed by atoms with Crippen LogP contribution < -0.4 is 0 Å². The van der Waals surface area contributed by atoms with E-state index in [4.69, 9.17) is 5.21 Å². The lowest BCUT2D eigenvalue weighted by molar-refractivity contribution is 0.200. The monoisotopic (exact) mass is 212 g/mol. The topological polar surface area (TPSA) is 35.8 Å². The summed E-state index contributed by atoms with van der Waals surface area (Å²) in [6, 6.07) is 0. The standard InChI is InChI=1S/C12H24N2O/c1-4-10(3)8-14-7-6-12(13-15)11(5-2)9-14/h10-11,15H,4-9H2,1-3H3. The molecule has 0 bridgehead atoms. The lowest BCUT2D eigenvalue weighted by atomic mass is 9.92. The third kappa shape index (κ3) is 3.49. The molecule has 1 rings (SSSR count). The highest BCUT2D eigenvalue weighted by Crippen LogP contribution is 2.18. The van der Waals surface area contributed by atoms with Crippen molar-refractivity contribution in [2.75, 3.05) is 19.6 Å². The number of piperidine rings is 1. The minimum atomic E-state index is 0.466. The van der Waals surface area contributed by atoms with E-state index in [2.05, 4.69) is 30.8 Å². The van der Waals surface area contributed by atoms with Crippen molar-refractivity contribution in [3.8, 4) is 0 Å². The van der Waals surface area contributed by atoms with Gasteiger partial charge in [-0.3, -0.25) is 0 Å². The Bertz CT molecular complexity index is 216. The number of hydrogen-bond acceptors (Lipinski definition) is 3. The number of oxime groups is 1. The third-order valence-corrected chi connectivity index (χ3v) is 3.52. The van der Waals surface area contributed by atoms with Crippen molar-refractivity contribution in [2.24, 2.45) is 17.0 Å². The van der Waals surface area contributed by atoms with E-state index in [-0.39, 0.29) is 0 Å². The van der Waals surface area contributed by atoms with E-state index >= 15 is 0 Å². The molecule has 3 heteroatoms. The molecule has 0 aromatic rings. The van der Waals surface area contributed by atoms with Crippen molar-refractivity contribution in [3.05, 3.63) is 0 Å². The minimum Gasteiger partial charge on any atom is -0.411 e. The molecule has 2 unspecified atom stereocenters. The molecule has 1 N–H and O–H groups in total. The molecule has 3 nitrogen and oxygen atoms in total. The Morgan fingerprint density at radius 3 is 2.80 bits per heavy atom. The summed E-state index contributed by atoms with van der Waals surface area (Å²) in [4.78, 5) is 2.51. The lowest BCUT2D eigenvalue weighted by Gasteiger charge is -2.34. The van der Waals surface area contributed by atoms with Crippen LogP contribution in [0.5, 0.6) is 0 Å². The van der Waals surface area contributed by atoms with Crippen LogP contribution in [0, 0.1) is 11.8 Å². The fourth-order valence-corrected chi connectivity index (χ4v) is 2.22. The molecule has 88 valence electrons. The summed E-state index contributed by atoms with van der Waals surface area (Å²) in [6.45, 7) is 10.0. The first kappa shape index (κ1) is 12.5. The van der Waals surface area contributed by atoms with Crippen molar-refractivity contribution in [1.29, 1.82) is 0 Å². The maximum Gasteiger partial charge on any atom is 0.0627 e. The van der Waals surface area contributed by atoms with Gasteiger partial charge in [0.25, 0.3) is 0 Å². The zero-order valence-corrected chi connectivity index (χ0v) is 10.2. The molecule has 1 aliphatic rings. The van der Waals surface area contributed by atoms with Crippen molar-refractivity contribution in [3.63, 3.8) is 0 Å². The molecule has 1 saturated heterocycles. The molecule has 0 amide bonds. The summed E-state index contributed by atoms with van der Waals surface area (Å²) in [5.74, 6) is 1.24. The van der Waals surface area contributed by atoms with Crippen molar-refractivity contribution >= 4 is 5.71 Å². The summed E-state index contributed by atoms with van der Waals surface area (Å²) >= 11 is 0. The van der Waals surface area contributed by atoms with Gasteiger partial charge in [-0.2, -0.15) is 0 Å². The summed E-state index contributed by atoms with van der Waals surface area (Å²) < 4.78 is 0. The quantitative estimate of drug-likeness (QED) is 0.574. The Hall–Kier alpha value is -0.570. The van der Waals surface area contributed by atoms with Gasteiger partial charge in [-0.25, -0.2) is 0 Å². The molecule has 0 aromatic carbocycles. The zero-order valence-electron chi connectivity index (χ0n) is 10.2. The minimum absolute atomic E-state index is 0.466. The highest BCUT2D eigenvalue weighted by atomic mass is 16.4. The maximum atomic E-state index is 8.88. The molecule has 1 aliphatic heterocycles. The Kier molecular flexibility index (Phi) is 5.09. The first-order valence-corrected chi connectivity index (χ1v) is 6.14. The van der Waals surface area contributed by atoms with Gasteiger partial charge in [0, 0.05) is 32.0 Å². The van der Waals surface area contributed by atoms with Gasteiger partial charge in [-0.05, 0) is 12.3 Å². The van der Waals surface area contributed by atoms with Gasteiger partial charge in [0.15, 0.2) is 0 Å². The highest BCUT2D eigenvalue weighted by Gasteiger charge is 2.25. The van der Waals surface area contributed by atoms with E-state index in [1.807, 2.05) is 0 Å². The van der Waals surface area contributed by atoms with Gasteiger partial charge in [0.05, 0.1) is 5.71 Å². The Labute approximate surface area is 93.2 Å². The SMILES string of the molecule is CCC(C)CN1CCC(=NO)C(CC)C1. The van der Waals surface area contributed by atoms with Gasteiger partial charge in [0.1, 0.15) is 0 Å². The average molecular weight is 212 g/mol. The van der Waals surface area contributed by atoms with Crippen molar-refractivity contribution in [2.45, 2.75) is 40.0 Å². The molecule has 0 radical (unpaired) electrons. The van der Waals surface area contributed by atoms with Crippen molar-refractivity contribution in [1.82, 2.24) is 4.90 Å². The normalized spacial score (nSPS) is 28.2. The number of likely N-dealkylation sites (tertiary alicyclic amines) is 1. The molecule has 0 spiro atoms. The van der Waals surface area contributed by atoms with E-state index in [0.717, 1.165) is 37.6 Å². The first-order chi connectivity index (χ1) is 7.21. The smallest absolute Gasteiger partial charge is 0.0627 e. The predicted molar refractivity (Wildman–Crippen MR) is 63.5 cm³/mol. The summed E-state index contributed by atoms with van der Waals surface area (Å²) in [7, 11) is 0. The second kappa shape index (κ2) is 6.11. The molecular formula is C12H24N2O. The number of hydrogen-bond donors (Lipinski definition) is 1. The van der Waals surface area contributed by atoms with Crippen LogP contribution in [0.3, 0.4) is 0 Å². The molecule has 1 fully saturated rings. The van der Waals surface area contributed by atoms with Gasteiger partial charge in [-0.1, -0.05) is 32.3 Å². The van der Waals surface area contributed by atoms with Crippen LogP contribution in [0.15, 0.2) is 5.16 Å². The number of nitrogens with zero attached hydrogens (tertiary/aromatic N) is 2. The lowest BCUT2D eigenvalue weighted by Crippen LogP contribution is -2.42. The van der Waals surface area contributed by atoms with E-state index in [0.29, 0.717) is 5.92 Å². The highest BCUT2D eigenvalue weighted by molar-refractivity contribution is 5.87. The van der Waals surface area contributed by atoms with E-state index < -0.39 is 0 Å². The fourth-order valence-electron chi connectivity index (χ4n) is 2.22. The average Bonchev–Trinajstić information content (AvgIpc) is 2.28. The zero-order chi connectivity index (χ0) is 11.3. The first-order valence-electron chi connectivity index (χ1n) is 6.14. The predicted octanol–water partition coefficient (Wildman–Crippen LogP) is 2.59. The van der Waals surface area contributed by atoms with E-state index in [1.165, 1.54) is 13.0 Å². The Balaban J connectivity index is 2.46. The van der Waals surface area contributed by atoms with Crippen LogP contribution in [-0.4, -0.2) is 35.5 Å². The Morgan fingerprint density at radius 1 is 1.53 bits per heavy atom. The van der Waals surface area contributed by atoms with Crippen molar-refractivity contribution < 1.29 is 5.21 Å². The van der Waals surface area contributed by atoms with Crippen LogP contribution in [-0.2, 0) is 0 Å². The fraction of sp³-hybridized carbons (Fsp3) is 0.917. The molecule has 15 heavy (non-hydrogen) atoms. The van der Waals surface area contributed by atoms with Gasteiger partial charge < -0.3 is 10.1 Å². The van der Waals surface area contributed by atoms with Gasteiger partial charge in [0.2, 0.25) is 0 Å². The van der Waals surface area contributed by atoms with E-state index in [1.54, 1.807) is 0 Å². The maximum absolute atomic E-state index is 8.88. The second-order valence-electron chi connectivity index (χ2n) is 4.72. The van der Waals surface area contributed by atoms with E-state index in [9.17, 15) is 0 Å². The second-order valence-corrected chi connectivity index (χ2v) is 4.72. The molecule has 1 heterocycles. The largest absolute Gasteiger partial charge is 0.411 e. The van der Waals surface area contributed by atoms with Crippen LogP contribution in [0.1, 0.15) is 40.0 Å². The van der Waals surface area contributed by atoms with Crippen LogP contribution >= 0.6 is 0 Å².